The monoisotopic (exact) mass is 524 g/mol. The molecular formula is C19H36N6O5S3. The van der Waals surface area contributed by atoms with Gasteiger partial charge in [-0.05, 0) is 44.2 Å². The molecule has 8 N–H and O–H groups in total. The third kappa shape index (κ3) is 13.0. The van der Waals surface area contributed by atoms with Crippen molar-refractivity contribution >= 4 is 66.6 Å². The van der Waals surface area contributed by atoms with Crippen LogP contribution in [0.2, 0.25) is 0 Å². The van der Waals surface area contributed by atoms with Crippen molar-refractivity contribution in [3.8, 4) is 0 Å². The van der Waals surface area contributed by atoms with Gasteiger partial charge in [0.15, 0.2) is 0 Å². The Morgan fingerprint density at radius 3 is 1.70 bits per heavy atom. The molecule has 0 aromatic carbocycles. The molecule has 0 aromatic heterocycles. The van der Waals surface area contributed by atoms with E-state index in [0.717, 1.165) is 0 Å². The molecule has 11 nitrogen and oxygen atoms in total. The van der Waals surface area contributed by atoms with Gasteiger partial charge in [-0.3, -0.25) is 24.0 Å². The number of hydrogen-bond donors (Lipinski definition) is 8. The molecule has 0 aliphatic heterocycles. The quantitative estimate of drug-likeness (QED) is 0.0812. The molecule has 0 unspecified atom stereocenters. The lowest BCUT2D eigenvalue weighted by Crippen LogP contribution is -2.58. The van der Waals surface area contributed by atoms with Crippen molar-refractivity contribution in [1.82, 2.24) is 21.3 Å². The minimum Gasteiger partial charge on any atom is -0.368 e. The highest BCUT2D eigenvalue weighted by Crippen LogP contribution is 2.06. The maximum absolute atomic E-state index is 13.0. The van der Waals surface area contributed by atoms with E-state index in [0.29, 0.717) is 31.6 Å². The molecule has 0 heterocycles. The van der Waals surface area contributed by atoms with Crippen LogP contribution in [0.3, 0.4) is 0 Å². The molecule has 0 aromatic rings. The second-order valence-corrected chi connectivity index (χ2v) is 8.99. The maximum atomic E-state index is 13.0. The Hall–Kier alpha value is -1.64. The van der Waals surface area contributed by atoms with Crippen molar-refractivity contribution in [2.75, 3.05) is 30.1 Å². The zero-order chi connectivity index (χ0) is 25.4. The van der Waals surface area contributed by atoms with Gasteiger partial charge in [-0.1, -0.05) is 0 Å². The number of primary amides is 1. The van der Waals surface area contributed by atoms with Crippen LogP contribution >= 0.6 is 37.0 Å². The highest BCUT2D eigenvalue weighted by molar-refractivity contribution is 7.98. The number of amides is 5. The van der Waals surface area contributed by atoms with Crippen LogP contribution in [0, 0.1) is 0 Å². The predicted molar refractivity (Wildman–Crippen MR) is 136 cm³/mol. The SMILES string of the molecule is CSCC[C@H](NC(=O)[C@H](CCCCN)NC(=O)[C@H](CS)NC(C)=O)C(=O)N[C@@H](CS)C(N)=O. The molecule has 0 fully saturated rings. The van der Waals surface area contributed by atoms with Crippen molar-refractivity contribution < 1.29 is 24.0 Å². The zero-order valence-electron chi connectivity index (χ0n) is 19.0. The lowest BCUT2D eigenvalue weighted by molar-refractivity contribution is -0.134. The molecule has 0 aliphatic rings. The summed E-state index contributed by atoms with van der Waals surface area (Å²) in [4.78, 5) is 61.1. The Balaban J connectivity index is 5.47. The Morgan fingerprint density at radius 2 is 1.27 bits per heavy atom. The molecule has 0 rings (SSSR count). The first-order valence-electron chi connectivity index (χ1n) is 10.5. The van der Waals surface area contributed by atoms with E-state index in [-0.39, 0.29) is 17.9 Å². The third-order valence-corrected chi connectivity index (χ3v) is 5.92. The summed E-state index contributed by atoms with van der Waals surface area (Å²) in [6, 6.07) is -3.81. The first-order chi connectivity index (χ1) is 15.6. The van der Waals surface area contributed by atoms with E-state index in [1.807, 2.05) is 6.26 Å². The summed E-state index contributed by atoms with van der Waals surface area (Å²) in [6.07, 6.45) is 3.63. The van der Waals surface area contributed by atoms with Crippen molar-refractivity contribution in [3.05, 3.63) is 0 Å². The fourth-order valence-corrected chi connectivity index (χ4v) is 3.73. The molecule has 0 bridgehead atoms. The lowest BCUT2D eigenvalue weighted by Gasteiger charge is -2.25. The summed E-state index contributed by atoms with van der Waals surface area (Å²) in [6.45, 7) is 1.69. The molecular weight excluding hydrogens is 488 g/mol. The molecule has 4 atom stereocenters. The van der Waals surface area contributed by atoms with Crippen LogP contribution in [0.4, 0.5) is 0 Å². The average molecular weight is 525 g/mol. The van der Waals surface area contributed by atoms with Crippen LogP contribution in [-0.2, 0) is 24.0 Å². The first-order valence-corrected chi connectivity index (χ1v) is 13.1. The molecule has 0 saturated heterocycles. The van der Waals surface area contributed by atoms with Crippen molar-refractivity contribution in [2.45, 2.75) is 56.8 Å². The number of unbranched alkanes of at least 4 members (excludes halogenated alkanes) is 1. The molecule has 5 amide bonds. The van der Waals surface area contributed by atoms with Crippen molar-refractivity contribution in [3.63, 3.8) is 0 Å². The summed E-state index contributed by atoms with van der Waals surface area (Å²) in [5, 5.41) is 10.2. The number of rotatable bonds is 17. The number of carbonyl (C=O) groups excluding carboxylic acids is 5. The van der Waals surface area contributed by atoms with E-state index in [1.165, 1.54) is 18.7 Å². The summed E-state index contributed by atoms with van der Waals surface area (Å²) in [5.74, 6) is -2.24. The van der Waals surface area contributed by atoms with E-state index in [4.69, 9.17) is 11.5 Å². The largest absolute Gasteiger partial charge is 0.368 e. The third-order valence-electron chi connectivity index (χ3n) is 4.54. The lowest BCUT2D eigenvalue weighted by atomic mass is 10.1. The Bertz CT molecular complexity index is 670. The fraction of sp³-hybridized carbons (Fsp3) is 0.737. The molecule has 14 heteroatoms. The second-order valence-electron chi connectivity index (χ2n) is 7.27. The van der Waals surface area contributed by atoms with Crippen LogP contribution < -0.4 is 32.7 Å². The Kier molecular flexibility index (Phi) is 16.9. The number of carbonyl (C=O) groups is 5. The minimum absolute atomic E-state index is 0.0102. The maximum Gasteiger partial charge on any atom is 0.244 e. The predicted octanol–water partition coefficient (Wildman–Crippen LogP) is -1.83. The molecule has 0 radical (unpaired) electrons. The van der Waals surface area contributed by atoms with Crippen molar-refractivity contribution in [1.29, 1.82) is 0 Å². The molecule has 0 aliphatic carbocycles. The smallest absolute Gasteiger partial charge is 0.244 e. The van der Waals surface area contributed by atoms with Gasteiger partial charge in [-0.2, -0.15) is 37.0 Å². The number of nitrogens with two attached hydrogens (primary N) is 2. The summed E-state index contributed by atoms with van der Waals surface area (Å²) in [7, 11) is 0. The van der Waals surface area contributed by atoms with Gasteiger partial charge < -0.3 is 32.7 Å². The standard InChI is InChI=1S/C19H36N6O5S3/c1-11(26)22-15(10-32)19(30)23-12(5-3-4-7-20)17(28)24-13(6-8-33-2)18(29)25-14(9-31)16(21)27/h12-15,31-32H,3-10,20H2,1-2H3,(H2,21,27)(H,22,26)(H,23,30)(H,24,28)(H,25,29)/t12-,13-,14-,15-/m0/s1. The average Bonchev–Trinajstić information content (AvgIpc) is 2.76. The van der Waals surface area contributed by atoms with Crippen molar-refractivity contribution in [2.24, 2.45) is 11.5 Å². The zero-order valence-corrected chi connectivity index (χ0v) is 21.6. The van der Waals surface area contributed by atoms with Gasteiger partial charge in [0.1, 0.15) is 24.2 Å². The molecule has 0 spiro atoms. The Morgan fingerprint density at radius 1 is 0.788 bits per heavy atom. The van der Waals surface area contributed by atoms with Gasteiger partial charge in [0.05, 0.1) is 0 Å². The summed E-state index contributed by atoms with van der Waals surface area (Å²) >= 11 is 9.57. The van der Waals surface area contributed by atoms with E-state index >= 15 is 0 Å². The van der Waals surface area contributed by atoms with Gasteiger partial charge in [0.25, 0.3) is 0 Å². The fourth-order valence-electron chi connectivity index (χ4n) is 2.73. The molecule has 33 heavy (non-hydrogen) atoms. The van der Waals surface area contributed by atoms with Crippen LogP contribution in [0.1, 0.15) is 32.6 Å². The summed E-state index contributed by atoms with van der Waals surface area (Å²) < 4.78 is 0. The molecule has 0 saturated carbocycles. The van der Waals surface area contributed by atoms with Gasteiger partial charge in [-0.15, -0.1) is 0 Å². The highest BCUT2D eigenvalue weighted by Gasteiger charge is 2.30. The second kappa shape index (κ2) is 17.8. The van der Waals surface area contributed by atoms with Gasteiger partial charge >= 0.3 is 0 Å². The molecule has 190 valence electrons. The van der Waals surface area contributed by atoms with Crippen LogP contribution in [-0.4, -0.2) is 83.8 Å². The number of hydrogen-bond acceptors (Lipinski definition) is 9. The minimum atomic E-state index is -0.983. The normalized spacial score (nSPS) is 14.3. The van der Waals surface area contributed by atoms with E-state index in [2.05, 4.69) is 46.5 Å². The number of thiol groups is 2. The van der Waals surface area contributed by atoms with Crippen LogP contribution in [0.5, 0.6) is 0 Å². The first kappa shape index (κ1) is 31.4. The van der Waals surface area contributed by atoms with Gasteiger partial charge in [-0.25, -0.2) is 0 Å². The topological polar surface area (TPSA) is 186 Å². The van der Waals surface area contributed by atoms with E-state index < -0.39 is 53.7 Å². The van der Waals surface area contributed by atoms with Crippen LogP contribution in [0.25, 0.3) is 0 Å². The van der Waals surface area contributed by atoms with E-state index in [9.17, 15) is 24.0 Å². The van der Waals surface area contributed by atoms with Gasteiger partial charge in [0, 0.05) is 18.4 Å². The number of nitrogens with one attached hydrogen (secondary N) is 4. The van der Waals surface area contributed by atoms with Gasteiger partial charge in [0.2, 0.25) is 29.5 Å². The highest BCUT2D eigenvalue weighted by atomic mass is 32.2. The Labute approximate surface area is 209 Å². The van der Waals surface area contributed by atoms with E-state index in [1.54, 1.807) is 0 Å². The number of thioether (sulfide) groups is 1. The summed E-state index contributed by atoms with van der Waals surface area (Å²) in [5.41, 5.74) is 10.8. The van der Waals surface area contributed by atoms with Crippen LogP contribution in [0.15, 0.2) is 0 Å².